The van der Waals surface area contributed by atoms with Crippen molar-refractivity contribution in [3.8, 4) is 0 Å². The molecule has 4 heteroatoms. The SMILES string of the molecule is CCOC(=O)C(C1(O)CCC(c2ccccc2)CC1)C1(O)CCC(c2ccccc2)CC1. The molecule has 4 nitrogen and oxygen atoms in total. The zero-order chi connectivity index (χ0) is 22.6. The van der Waals surface area contributed by atoms with Crippen LogP contribution in [-0.4, -0.2) is 34.0 Å². The Kier molecular flexibility index (Phi) is 7.02. The zero-order valence-electron chi connectivity index (χ0n) is 19.1. The van der Waals surface area contributed by atoms with Crippen LogP contribution in [0.4, 0.5) is 0 Å². The average Bonchev–Trinajstić information content (AvgIpc) is 2.81. The molecule has 32 heavy (non-hydrogen) atoms. The molecule has 0 bridgehead atoms. The molecule has 0 atom stereocenters. The van der Waals surface area contributed by atoms with Gasteiger partial charge in [-0.05, 0) is 81.3 Å². The molecule has 0 aromatic heterocycles. The number of rotatable bonds is 6. The van der Waals surface area contributed by atoms with Crippen molar-refractivity contribution in [2.45, 2.75) is 81.3 Å². The Balaban J connectivity index is 1.50. The van der Waals surface area contributed by atoms with E-state index in [0.717, 1.165) is 25.7 Å². The van der Waals surface area contributed by atoms with Gasteiger partial charge in [-0.15, -0.1) is 0 Å². The molecule has 0 radical (unpaired) electrons. The number of aliphatic hydroxyl groups is 2. The monoisotopic (exact) mass is 436 g/mol. The van der Waals surface area contributed by atoms with Gasteiger partial charge in [-0.2, -0.15) is 0 Å². The predicted octanol–water partition coefficient (Wildman–Crippen LogP) is 5.34. The Bertz CT molecular complexity index is 797. The lowest BCUT2D eigenvalue weighted by atomic mass is 9.61. The molecule has 2 aliphatic carbocycles. The normalized spacial score (nSPS) is 31.6. The van der Waals surface area contributed by atoms with Crippen LogP contribution >= 0.6 is 0 Å². The molecule has 0 aliphatic heterocycles. The van der Waals surface area contributed by atoms with E-state index in [1.165, 1.54) is 11.1 Å². The van der Waals surface area contributed by atoms with Crippen molar-refractivity contribution in [3.05, 3.63) is 71.8 Å². The van der Waals surface area contributed by atoms with E-state index in [0.29, 0.717) is 37.5 Å². The lowest BCUT2D eigenvalue weighted by Crippen LogP contribution is -2.58. The summed E-state index contributed by atoms with van der Waals surface area (Å²) in [5.74, 6) is -0.595. The van der Waals surface area contributed by atoms with Crippen LogP contribution in [0.2, 0.25) is 0 Å². The van der Waals surface area contributed by atoms with Gasteiger partial charge >= 0.3 is 5.97 Å². The second-order valence-electron chi connectivity index (χ2n) is 9.76. The van der Waals surface area contributed by atoms with E-state index in [1.807, 2.05) is 36.4 Å². The molecule has 0 saturated heterocycles. The van der Waals surface area contributed by atoms with Crippen LogP contribution in [-0.2, 0) is 9.53 Å². The zero-order valence-corrected chi connectivity index (χ0v) is 19.1. The highest BCUT2D eigenvalue weighted by molar-refractivity contribution is 5.75. The largest absolute Gasteiger partial charge is 0.466 e. The van der Waals surface area contributed by atoms with Crippen LogP contribution in [0.1, 0.15) is 81.3 Å². The summed E-state index contributed by atoms with van der Waals surface area (Å²) in [6.45, 7) is 2.03. The summed E-state index contributed by atoms with van der Waals surface area (Å²) in [5, 5.41) is 23.5. The van der Waals surface area contributed by atoms with E-state index in [4.69, 9.17) is 4.74 Å². The molecular weight excluding hydrogens is 400 g/mol. The molecule has 2 N–H and O–H groups in total. The molecule has 172 valence electrons. The fourth-order valence-corrected chi connectivity index (χ4v) is 6.09. The second kappa shape index (κ2) is 9.76. The topological polar surface area (TPSA) is 66.8 Å². The minimum Gasteiger partial charge on any atom is -0.466 e. The third kappa shape index (κ3) is 4.77. The summed E-state index contributed by atoms with van der Waals surface area (Å²) in [4.78, 5) is 13.1. The Morgan fingerprint density at radius 3 is 1.53 bits per heavy atom. The van der Waals surface area contributed by atoms with Gasteiger partial charge in [-0.25, -0.2) is 0 Å². The molecule has 0 spiro atoms. The van der Waals surface area contributed by atoms with Crippen molar-refractivity contribution in [2.75, 3.05) is 6.61 Å². The number of carbonyl (C=O) groups excluding carboxylic acids is 1. The van der Waals surface area contributed by atoms with Gasteiger partial charge < -0.3 is 14.9 Å². The molecule has 4 rings (SSSR count). The van der Waals surface area contributed by atoms with Gasteiger partial charge in [0.1, 0.15) is 5.92 Å². The molecule has 0 heterocycles. The quantitative estimate of drug-likeness (QED) is 0.600. The van der Waals surface area contributed by atoms with Gasteiger partial charge in [0.2, 0.25) is 0 Å². The summed E-state index contributed by atoms with van der Waals surface area (Å²) in [5.41, 5.74) is 0.103. The summed E-state index contributed by atoms with van der Waals surface area (Å²) in [6, 6.07) is 20.8. The summed E-state index contributed by atoms with van der Waals surface area (Å²) < 4.78 is 5.40. The maximum Gasteiger partial charge on any atom is 0.314 e. The van der Waals surface area contributed by atoms with Crippen molar-refractivity contribution in [1.29, 1.82) is 0 Å². The molecule has 2 saturated carbocycles. The average molecular weight is 437 g/mol. The highest BCUT2D eigenvalue weighted by Crippen LogP contribution is 2.50. The summed E-state index contributed by atoms with van der Waals surface area (Å²) >= 11 is 0. The molecule has 2 aliphatic rings. The maximum atomic E-state index is 13.1. The minimum absolute atomic E-state index is 0.251. The first-order valence-electron chi connectivity index (χ1n) is 12.2. The first-order chi connectivity index (χ1) is 15.5. The number of hydrogen-bond donors (Lipinski definition) is 2. The lowest BCUT2D eigenvalue weighted by molar-refractivity contribution is -0.192. The maximum absolute atomic E-state index is 13.1. The van der Waals surface area contributed by atoms with Crippen molar-refractivity contribution in [1.82, 2.24) is 0 Å². The summed E-state index contributed by atoms with van der Waals surface area (Å²) in [7, 11) is 0. The van der Waals surface area contributed by atoms with Gasteiger partial charge in [0.15, 0.2) is 0 Å². The smallest absolute Gasteiger partial charge is 0.314 e. The van der Waals surface area contributed by atoms with E-state index in [2.05, 4.69) is 24.3 Å². The Morgan fingerprint density at radius 1 is 0.812 bits per heavy atom. The van der Waals surface area contributed by atoms with Gasteiger partial charge in [-0.1, -0.05) is 60.7 Å². The molecule has 0 unspecified atom stereocenters. The Labute approximate surface area is 191 Å². The van der Waals surface area contributed by atoms with Crippen LogP contribution in [0.3, 0.4) is 0 Å². The minimum atomic E-state index is -1.23. The molecular formula is C28H36O4. The number of esters is 1. The van der Waals surface area contributed by atoms with Crippen molar-refractivity contribution < 1.29 is 19.7 Å². The first kappa shape index (κ1) is 23.0. The second-order valence-corrected chi connectivity index (χ2v) is 9.76. The van der Waals surface area contributed by atoms with Crippen molar-refractivity contribution in [3.63, 3.8) is 0 Å². The highest BCUT2D eigenvalue weighted by atomic mass is 16.5. The third-order valence-electron chi connectivity index (χ3n) is 7.84. The molecule has 2 aromatic rings. The third-order valence-corrected chi connectivity index (χ3v) is 7.84. The fourth-order valence-electron chi connectivity index (χ4n) is 6.09. The van der Waals surface area contributed by atoms with Crippen LogP contribution in [0, 0.1) is 5.92 Å². The highest BCUT2D eigenvalue weighted by Gasteiger charge is 2.56. The van der Waals surface area contributed by atoms with Crippen molar-refractivity contribution in [2.24, 2.45) is 5.92 Å². The standard InChI is InChI=1S/C28H36O4/c1-2-32-26(29)25(27(30)17-13-23(14-18-27)21-9-5-3-6-10-21)28(31)19-15-24(16-20-28)22-11-7-4-8-12-22/h3-12,23-25,30-31H,2,13-20H2,1H3. The number of carbonyl (C=O) groups is 1. The fraction of sp³-hybridized carbons (Fsp3) is 0.536. The van der Waals surface area contributed by atoms with E-state index >= 15 is 0 Å². The molecule has 2 fully saturated rings. The summed E-state index contributed by atoms with van der Waals surface area (Å²) in [6.07, 6.45) is 5.22. The van der Waals surface area contributed by atoms with Crippen molar-refractivity contribution >= 4 is 5.97 Å². The Morgan fingerprint density at radius 2 is 1.19 bits per heavy atom. The van der Waals surface area contributed by atoms with Gasteiger partial charge in [-0.3, -0.25) is 4.79 Å². The number of benzene rings is 2. The van der Waals surface area contributed by atoms with Gasteiger partial charge in [0.05, 0.1) is 17.8 Å². The molecule has 0 amide bonds. The van der Waals surface area contributed by atoms with Gasteiger partial charge in [0, 0.05) is 0 Å². The van der Waals surface area contributed by atoms with E-state index in [-0.39, 0.29) is 6.61 Å². The predicted molar refractivity (Wildman–Crippen MR) is 125 cm³/mol. The van der Waals surface area contributed by atoms with Crippen LogP contribution < -0.4 is 0 Å². The van der Waals surface area contributed by atoms with Gasteiger partial charge in [0.25, 0.3) is 0 Å². The lowest BCUT2D eigenvalue weighted by Gasteiger charge is -2.49. The van der Waals surface area contributed by atoms with Crippen LogP contribution in [0.5, 0.6) is 0 Å². The van der Waals surface area contributed by atoms with E-state index in [1.54, 1.807) is 6.92 Å². The first-order valence-corrected chi connectivity index (χ1v) is 12.2. The van der Waals surface area contributed by atoms with E-state index in [9.17, 15) is 15.0 Å². The molecule has 2 aromatic carbocycles. The Hall–Kier alpha value is -2.17. The van der Waals surface area contributed by atoms with Crippen LogP contribution in [0.15, 0.2) is 60.7 Å². The van der Waals surface area contributed by atoms with Crippen LogP contribution in [0.25, 0.3) is 0 Å². The number of ether oxygens (including phenoxy) is 1. The van der Waals surface area contributed by atoms with E-state index < -0.39 is 23.1 Å². The number of hydrogen-bond acceptors (Lipinski definition) is 4.